The van der Waals surface area contributed by atoms with Gasteiger partial charge >= 0.3 is 6.03 Å². The second-order valence-corrected chi connectivity index (χ2v) is 7.66. The van der Waals surface area contributed by atoms with Crippen molar-refractivity contribution in [2.45, 2.75) is 38.1 Å². The number of hydrogen-bond acceptors (Lipinski definition) is 3. The van der Waals surface area contributed by atoms with Crippen LogP contribution in [0, 0.1) is 5.92 Å². The summed E-state index contributed by atoms with van der Waals surface area (Å²) in [6.07, 6.45) is 5.95. The predicted molar refractivity (Wildman–Crippen MR) is 98.9 cm³/mol. The fourth-order valence-electron chi connectivity index (χ4n) is 3.42. The topological polar surface area (TPSA) is 44.8 Å². The molecule has 2 aliphatic carbocycles. The number of benzene rings is 1. The average molecular weight is 343 g/mol. The molecule has 5 nitrogen and oxygen atoms in total. The lowest BCUT2D eigenvalue weighted by molar-refractivity contribution is 0.0384. The summed E-state index contributed by atoms with van der Waals surface area (Å²) in [5.41, 5.74) is 2.23. The highest BCUT2D eigenvalue weighted by atomic mass is 16.5. The standard InChI is InChI=1S/C20H29N3O2/c24-20(23(19-7-8-19)15-17-1-2-17)21-18-5-3-16(4-6-18)9-10-22-11-13-25-14-12-22/h3-6,17,19H,1-2,7-15H2,(H,21,24). The first kappa shape index (κ1) is 16.9. The largest absolute Gasteiger partial charge is 0.379 e. The molecule has 1 aliphatic heterocycles. The van der Waals surface area contributed by atoms with Gasteiger partial charge in [-0.25, -0.2) is 4.79 Å². The van der Waals surface area contributed by atoms with Crippen LogP contribution < -0.4 is 5.32 Å². The molecule has 1 saturated heterocycles. The van der Waals surface area contributed by atoms with Gasteiger partial charge in [-0.3, -0.25) is 4.90 Å². The maximum Gasteiger partial charge on any atom is 0.322 e. The number of urea groups is 1. The second-order valence-electron chi connectivity index (χ2n) is 7.66. The molecule has 0 unspecified atom stereocenters. The molecule has 2 saturated carbocycles. The number of anilines is 1. The van der Waals surface area contributed by atoms with Crippen LogP contribution in [0.2, 0.25) is 0 Å². The van der Waals surface area contributed by atoms with Crippen molar-refractivity contribution in [3.63, 3.8) is 0 Å². The van der Waals surface area contributed by atoms with E-state index in [-0.39, 0.29) is 6.03 Å². The molecular weight excluding hydrogens is 314 g/mol. The molecule has 0 bridgehead atoms. The lowest BCUT2D eigenvalue weighted by Gasteiger charge is -2.26. The van der Waals surface area contributed by atoms with E-state index in [4.69, 9.17) is 4.74 Å². The van der Waals surface area contributed by atoms with Gasteiger partial charge in [0.15, 0.2) is 0 Å². The Hall–Kier alpha value is -1.59. The van der Waals surface area contributed by atoms with Crippen molar-refractivity contribution < 1.29 is 9.53 Å². The van der Waals surface area contributed by atoms with E-state index in [0.717, 1.165) is 57.4 Å². The van der Waals surface area contributed by atoms with Crippen molar-refractivity contribution in [3.05, 3.63) is 29.8 Å². The van der Waals surface area contributed by atoms with Gasteiger partial charge < -0.3 is 15.0 Å². The van der Waals surface area contributed by atoms with E-state index >= 15 is 0 Å². The average Bonchev–Trinajstić information content (AvgIpc) is 3.54. The molecule has 4 rings (SSSR count). The number of carbonyl (C=O) groups excluding carboxylic acids is 1. The molecule has 3 aliphatic rings. The van der Waals surface area contributed by atoms with Crippen LogP contribution in [-0.4, -0.2) is 61.3 Å². The molecule has 25 heavy (non-hydrogen) atoms. The van der Waals surface area contributed by atoms with Gasteiger partial charge in [-0.15, -0.1) is 0 Å². The van der Waals surface area contributed by atoms with Crippen LogP contribution in [0.25, 0.3) is 0 Å². The fraction of sp³-hybridized carbons (Fsp3) is 0.650. The van der Waals surface area contributed by atoms with Crippen LogP contribution >= 0.6 is 0 Å². The number of rotatable bonds is 7. The van der Waals surface area contributed by atoms with Gasteiger partial charge in [-0.05, 0) is 55.7 Å². The SMILES string of the molecule is O=C(Nc1ccc(CCN2CCOCC2)cc1)N(CC1CC1)C1CC1. The Kier molecular flexibility index (Phi) is 5.22. The molecule has 1 aromatic rings. The molecule has 5 heteroatoms. The number of carbonyl (C=O) groups is 1. The predicted octanol–water partition coefficient (Wildman–Crippen LogP) is 2.97. The number of nitrogens with one attached hydrogen (secondary N) is 1. The first-order valence-corrected chi connectivity index (χ1v) is 9.74. The summed E-state index contributed by atoms with van der Waals surface area (Å²) in [6.45, 7) is 5.78. The fourth-order valence-corrected chi connectivity index (χ4v) is 3.42. The van der Waals surface area contributed by atoms with Gasteiger partial charge in [-0.2, -0.15) is 0 Å². The van der Waals surface area contributed by atoms with E-state index in [1.807, 2.05) is 12.1 Å². The maximum atomic E-state index is 12.6. The van der Waals surface area contributed by atoms with Gasteiger partial charge in [0.05, 0.1) is 13.2 Å². The van der Waals surface area contributed by atoms with Crippen LogP contribution in [0.5, 0.6) is 0 Å². The van der Waals surface area contributed by atoms with Crippen molar-refractivity contribution in [3.8, 4) is 0 Å². The molecular formula is C20H29N3O2. The lowest BCUT2D eigenvalue weighted by Crippen LogP contribution is -2.38. The Morgan fingerprint density at radius 2 is 1.84 bits per heavy atom. The molecule has 3 fully saturated rings. The van der Waals surface area contributed by atoms with E-state index in [0.29, 0.717) is 6.04 Å². The van der Waals surface area contributed by atoms with E-state index in [9.17, 15) is 4.79 Å². The number of nitrogens with zero attached hydrogens (tertiary/aromatic N) is 2. The summed E-state index contributed by atoms with van der Waals surface area (Å²) in [6, 6.07) is 8.91. The smallest absolute Gasteiger partial charge is 0.322 e. The van der Waals surface area contributed by atoms with Gasteiger partial charge in [0.25, 0.3) is 0 Å². The molecule has 136 valence electrons. The summed E-state index contributed by atoms with van der Waals surface area (Å²) >= 11 is 0. The number of hydrogen-bond donors (Lipinski definition) is 1. The third-order valence-electron chi connectivity index (χ3n) is 5.43. The molecule has 2 amide bonds. The van der Waals surface area contributed by atoms with Crippen molar-refractivity contribution in [2.24, 2.45) is 5.92 Å². The Morgan fingerprint density at radius 1 is 1.12 bits per heavy atom. The highest BCUT2D eigenvalue weighted by Crippen LogP contribution is 2.35. The normalized spacial score (nSPS) is 21.1. The highest BCUT2D eigenvalue weighted by Gasteiger charge is 2.36. The molecule has 0 radical (unpaired) electrons. The Balaban J connectivity index is 1.26. The van der Waals surface area contributed by atoms with Crippen LogP contribution in [0.3, 0.4) is 0 Å². The lowest BCUT2D eigenvalue weighted by atomic mass is 10.1. The maximum absolute atomic E-state index is 12.6. The first-order chi connectivity index (χ1) is 12.3. The highest BCUT2D eigenvalue weighted by molar-refractivity contribution is 5.89. The van der Waals surface area contributed by atoms with Gasteiger partial charge in [0.1, 0.15) is 0 Å². The monoisotopic (exact) mass is 343 g/mol. The number of amides is 2. The Morgan fingerprint density at radius 3 is 2.48 bits per heavy atom. The van der Waals surface area contributed by atoms with Crippen molar-refractivity contribution in [2.75, 3.05) is 44.7 Å². The van der Waals surface area contributed by atoms with Gasteiger partial charge in [-0.1, -0.05) is 12.1 Å². The molecule has 0 spiro atoms. The van der Waals surface area contributed by atoms with Crippen molar-refractivity contribution in [1.82, 2.24) is 9.80 Å². The summed E-state index contributed by atoms with van der Waals surface area (Å²) in [4.78, 5) is 17.1. The minimum absolute atomic E-state index is 0.0791. The minimum atomic E-state index is 0.0791. The van der Waals surface area contributed by atoms with E-state index in [2.05, 4.69) is 27.2 Å². The molecule has 1 N–H and O–H groups in total. The van der Waals surface area contributed by atoms with E-state index in [1.54, 1.807) is 0 Å². The number of morpholine rings is 1. The first-order valence-electron chi connectivity index (χ1n) is 9.74. The summed E-state index contributed by atoms with van der Waals surface area (Å²) in [5.74, 6) is 0.744. The third-order valence-corrected chi connectivity index (χ3v) is 5.43. The molecule has 0 atom stereocenters. The zero-order chi connectivity index (χ0) is 17.1. The van der Waals surface area contributed by atoms with Gasteiger partial charge in [0, 0.05) is 37.9 Å². The zero-order valence-corrected chi connectivity index (χ0v) is 15.0. The zero-order valence-electron chi connectivity index (χ0n) is 15.0. The van der Waals surface area contributed by atoms with Crippen LogP contribution in [0.1, 0.15) is 31.2 Å². The van der Waals surface area contributed by atoms with E-state index in [1.165, 1.54) is 31.2 Å². The Bertz CT molecular complexity index is 575. The quantitative estimate of drug-likeness (QED) is 0.828. The van der Waals surface area contributed by atoms with Crippen LogP contribution in [0.15, 0.2) is 24.3 Å². The Labute approximate surface area is 150 Å². The van der Waals surface area contributed by atoms with Crippen molar-refractivity contribution >= 4 is 11.7 Å². The van der Waals surface area contributed by atoms with E-state index < -0.39 is 0 Å². The molecule has 0 aromatic heterocycles. The second kappa shape index (κ2) is 7.75. The third kappa shape index (κ3) is 4.95. The van der Waals surface area contributed by atoms with Crippen LogP contribution in [0.4, 0.5) is 10.5 Å². The summed E-state index contributed by atoms with van der Waals surface area (Å²) in [7, 11) is 0. The van der Waals surface area contributed by atoms with Crippen LogP contribution in [-0.2, 0) is 11.2 Å². The summed E-state index contributed by atoms with van der Waals surface area (Å²) in [5, 5.41) is 3.09. The van der Waals surface area contributed by atoms with Crippen molar-refractivity contribution in [1.29, 1.82) is 0 Å². The molecule has 1 aromatic carbocycles. The number of ether oxygens (including phenoxy) is 1. The molecule has 1 heterocycles. The van der Waals surface area contributed by atoms with Gasteiger partial charge in [0.2, 0.25) is 0 Å². The summed E-state index contributed by atoms with van der Waals surface area (Å²) < 4.78 is 5.39. The minimum Gasteiger partial charge on any atom is -0.379 e.